The Morgan fingerprint density at radius 3 is 2.80 bits per heavy atom. The summed E-state index contributed by atoms with van der Waals surface area (Å²) in [6, 6.07) is -1.50. The Morgan fingerprint density at radius 1 is 1.45 bits per heavy atom. The van der Waals surface area contributed by atoms with Crippen molar-refractivity contribution in [3.63, 3.8) is 0 Å². The molecule has 0 aromatic carbocycles. The van der Waals surface area contributed by atoms with Crippen LogP contribution in [0.15, 0.2) is 0 Å². The van der Waals surface area contributed by atoms with E-state index < -0.39 is 18.0 Å². The van der Waals surface area contributed by atoms with E-state index in [1.165, 1.54) is 9.80 Å². The summed E-state index contributed by atoms with van der Waals surface area (Å²) in [5.74, 6) is -0.772. The van der Waals surface area contributed by atoms with Gasteiger partial charge in [-0.3, -0.25) is 19.6 Å². The van der Waals surface area contributed by atoms with Gasteiger partial charge in [0.1, 0.15) is 6.04 Å². The van der Waals surface area contributed by atoms with Gasteiger partial charge in [0.15, 0.2) is 6.61 Å². The minimum absolute atomic E-state index is 0.247. The molecule has 9 nitrogen and oxygen atoms in total. The summed E-state index contributed by atoms with van der Waals surface area (Å²) in [7, 11) is 3.15. The molecule has 0 unspecified atom stereocenters. The lowest BCUT2D eigenvalue weighted by Gasteiger charge is -2.28. The summed E-state index contributed by atoms with van der Waals surface area (Å²) < 4.78 is 0. The molecule has 9 heteroatoms. The molecule has 0 radical (unpaired) electrons. The van der Waals surface area contributed by atoms with Crippen molar-refractivity contribution in [1.29, 1.82) is 0 Å². The Hall–Kier alpha value is -1.87. The molecule has 2 atom stereocenters. The average molecular weight is 286 g/mol. The summed E-state index contributed by atoms with van der Waals surface area (Å²) in [5.41, 5.74) is 2.18. The molecule has 2 fully saturated rings. The van der Waals surface area contributed by atoms with Gasteiger partial charge in [-0.25, -0.2) is 15.3 Å². The Kier molecular flexibility index (Phi) is 4.09. The zero-order valence-corrected chi connectivity index (χ0v) is 11.4. The normalized spacial score (nSPS) is 24.9. The fourth-order valence-electron chi connectivity index (χ4n) is 2.29. The molecule has 2 bridgehead atoms. The fraction of sp³-hybridized carbons (Fsp3) is 0.727. The van der Waals surface area contributed by atoms with Gasteiger partial charge in [0.05, 0.1) is 6.04 Å². The van der Waals surface area contributed by atoms with Gasteiger partial charge in [-0.1, -0.05) is 0 Å². The number of likely N-dealkylation sites (N-methyl/N-ethyl adjacent to an activating group) is 1. The molecular formula is C11H18N4O5. The molecule has 2 rings (SSSR count). The molecule has 4 amide bonds. The zero-order chi connectivity index (χ0) is 14.9. The Balaban J connectivity index is 1.84. The number of urea groups is 1. The van der Waals surface area contributed by atoms with Crippen molar-refractivity contribution in [2.24, 2.45) is 0 Å². The number of piperidine rings is 1. The number of hydrogen-bond donors (Lipinski definition) is 2. The number of hydrogen-bond acceptors (Lipinski definition) is 5. The topological polar surface area (TPSA) is 102 Å². The molecular weight excluding hydrogens is 268 g/mol. The van der Waals surface area contributed by atoms with E-state index in [1.807, 2.05) is 0 Å². The highest BCUT2D eigenvalue weighted by Gasteiger charge is 2.46. The van der Waals surface area contributed by atoms with Gasteiger partial charge in [0.2, 0.25) is 0 Å². The number of carbonyl (C=O) groups is 3. The van der Waals surface area contributed by atoms with Gasteiger partial charge in [0, 0.05) is 20.6 Å². The number of nitrogens with one attached hydrogen (secondary N) is 1. The van der Waals surface area contributed by atoms with E-state index in [1.54, 1.807) is 14.1 Å². The maximum Gasteiger partial charge on any atom is 0.344 e. The van der Waals surface area contributed by atoms with Crippen LogP contribution in [0.5, 0.6) is 0 Å². The highest BCUT2D eigenvalue weighted by molar-refractivity contribution is 5.88. The number of hydroxylamine groups is 3. The summed E-state index contributed by atoms with van der Waals surface area (Å²) in [5, 5.41) is 10.2. The standard InChI is InChI=1S/C11H18N4O5/c1-13(2)9(16)6-20-12-10(17)8-4-3-7-5-14(8)11(18)15(7)19/h7-8,19H,3-6H2,1-2H3,(H,12,17)/t7-,8+/m1/s1. The SMILES string of the molecule is CN(C)C(=O)CONC(=O)[C@@H]1CC[C@@H]2CN1C(=O)N2O. The van der Waals surface area contributed by atoms with Crippen molar-refractivity contribution in [2.45, 2.75) is 24.9 Å². The van der Waals surface area contributed by atoms with Crippen LogP contribution in [-0.2, 0) is 14.4 Å². The lowest BCUT2D eigenvalue weighted by Crippen LogP contribution is -2.50. The number of rotatable bonds is 4. The Morgan fingerprint density at radius 2 is 2.15 bits per heavy atom. The average Bonchev–Trinajstić information content (AvgIpc) is 2.63. The minimum atomic E-state index is -0.676. The van der Waals surface area contributed by atoms with Crippen LogP contribution in [0.2, 0.25) is 0 Å². The highest BCUT2D eigenvalue weighted by atomic mass is 16.7. The second-order valence-electron chi connectivity index (χ2n) is 5.07. The number of nitrogens with zero attached hydrogens (tertiary/aromatic N) is 3. The molecule has 2 aliphatic heterocycles. The number of amides is 4. The maximum atomic E-state index is 11.9. The predicted octanol–water partition coefficient (Wildman–Crippen LogP) is -1.22. The molecule has 20 heavy (non-hydrogen) atoms. The van der Waals surface area contributed by atoms with Gasteiger partial charge in [-0.2, -0.15) is 0 Å². The van der Waals surface area contributed by atoms with Crippen molar-refractivity contribution in [1.82, 2.24) is 20.3 Å². The molecule has 0 aromatic heterocycles. The van der Waals surface area contributed by atoms with E-state index in [0.29, 0.717) is 24.4 Å². The van der Waals surface area contributed by atoms with Crippen molar-refractivity contribution in [2.75, 3.05) is 27.2 Å². The minimum Gasteiger partial charge on any atom is -0.347 e. The zero-order valence-electron chi connectivity index (χ0n) is 11.4. The molecule has 0 aromatic rings. The molecule has 2 saturated heterocycles. The van der Waals surface area contributed by atoms with Crippen LogP contribution < -0.4 is 5.48 Å². The molecule has 0 aliphatic carbocycles. The van der Waals surface area contributed by atoms with Crippen LogP contribution in [0.1, 0.15) is 12.8 Å². The fourth-order valence-corrected chi connectivity index (χ4v) is 2.29. The molecule has 112 valence electrons. The Labute approximate surface area is 116 Å². The van der Waals surface area contributed by atoms with Crippen LogP contribution in [0.25, 0.3) is 0 Å². The van der Waals surface area contributed by atoms with Gasteiger partial charge < -0.3 is 9.80 Å². The largest absolute Gasteiger partial charge is 0.347 e. The second-order valence-corrected chi connectivity index (χ2v) is 5.07. The van der Waals surface area contributed by atoms with Crippen LogP contribution >= 0.6 is 0 Å². The van der Waals surface area contributed by atoms with E-state index in [2.05, 4.69) is 5.48 Å². The van der Waals surface area contributed by atoms with Crippen LogP contribution in [-0.4, -0.2) is 77.2 Å². The van der Waals surface area contributed by atoms with Gasteiger partial charge in [0.25, 0.3) is 11.8 Å². The van der Waals surface area contributed by atoms with Crippen molar-refractivity contribution < 1.29 is 24.4 Å². The summed E-state index contributed by atoms with van der Waals surface area (Å²) in [6.07, 6.45) is 0.998. The van der Waals surface area contributed by atoms with E-state index in [0.717, 1.165) is 0 Å². The summed E-state index contributed by atoms with van der Waals surface area (Å²) in [4.78, 5) is 42.4. The second kappa shape index (κ2) is 5.63. The van der Waals surface area contributed by atoms with Crippen LogP contribution in [0.3, 0.4) is 0 Å². The Bertz CT molecular complexity index is 427. The predicted molar refractivity (Wildman–Crippen MR) is 65.3 cm³/mol. The lowest BCUT2D eigenvalue weighted by molar-refractivity contribution is -0.146. The third-order valence-electron chi connectivity index (χ3n) is 3.51. The van der Waals surface area contributed by atoms with Crippen molar-refractivity contribution >= 4 is 17.8 Å². The van der Waals surface area contributed by atoms with Crippen molar-refractivity contribution in [3.8, 4) is 0 Å². The molecule has 2 aliphatic rings. The quantitative estimate of drug-likeness (QED) is 0.498. The van der Waals surface area contributed by atoms with Gasteiger partial charge in [-0.15, -0.1) is 0 Å². The van der Waals surface area contributed by atoms with E-state index in [4.69, 9.17) is 4.84 Å². The number of carbonyl (C=O) groups excluding carboxylic acids is 3. The van der Waals surface area contributed by atoms with Crippen LogP contribution in [0, 0.1) is 0 Å². The van der Waals surface area contributed by atoms with Crippen molar-refractivity contribution in [3.05, 3.63) is 0 Å². The first-order valence-corrected chi connectivity index (χ1v) is 6.32. The summed E-state index contributed by atoms with van der Waals surface area (Å²) >= 11 is 0. The maximum absolute atomic E-state index is 11.9. The first kappa shape index (κ1) is 14.5. The van der Waals surface area contributed by atoms with E-state index >= 15 is 0 Å². The van der Waals surface area contributed by atoms with Crippen LogP contribution in [0.4, 0.5) is 4.79 Å². The van der Waals surface area contributed by atoms with Gasteiger partial charge in [-0.05, 0) is 12.8 Å². The third-order valence-corrected chi connectivity index (χ3v) is 3.51. The smallest absolute Gasteiger partial charge is 0.344 e. The first-order chi connectivity index (χ1) is 9.41. The van der Waals surface area contributed by atoms with Gasteiger partial charge >= 0.3 is 6.03 Å². The first-order valence-electron chi connectivity index (χ1n) is 6.32. The lowest BCUT2D eigenvalue weighted by atomic mass is 10.0. The monoisotopic (exact) mass is 286 g/mol. The van der Waals surface area contributed by atoms with E-state index in [9.17, 15) is 19.6 Å². The third kappa shape index (κ3) is 2.68. The highest BCUT2D eigenvalue weighted by Crippen LogP contribution is 2.28. The molecule has 2 heterocycles. The van der Waals surface area contributed by atoms with E-state index in [-0.39, 0.29) is 18.6 Å². The summed E-state index contributed by atoms with van der Waals surface area (Å²) in [6.45, 7) is 0.0538. The molecule has 0 spiro atoms. The molecule has 0 saturated carbocycles. The number of fused-ring (bicyclic) bond motifs is 2. The molecule has 2 N–H and O–H groups in total.